The van der Waals surface area contributed by atoms with Crippen LogP contribution in [0.25, 0.3) is 11.6 Å². The van der Waals surface area contributed by atoms with Gasteiger partial charge in [0.15, 0.2) is 11.3 Å². The Balaban J connectivity index is 1.42. The van der Waals surface area contributed by atoms with Crippen molar-refractivity contribution in [3.63, 3.8) is 0 Å². The Morgan fingerprint density at radius 2 is 1.73 bits per heavy atom. The van der Waals surface area contributed by atoms with Crippen LogP contribution in [0.4, 0.5) is 28.9 Å². The molecule has 0 spiro atoms. The van der Waals surface area contributed by atoms with E-state index in [1.54, 1.807) is 51.1 Å². The van der Waals surface area contributed by atoms with E-state index in [9.17, 15) is 31.2 Å². The molecule has 1 atom stereocenters. The van der Waals surface area contributed by atoms with Crippen molar-refractivity contribution in [1.29, 1.82) is 5.26 Å². The van der Waals surface area contributed by atoms with Crippen LogP contribution in [0.5, 0.6) is 0 Å². The summed E-state index contributed by atoms with van der Waals surface area (Å²) in [7, 11) is -4.53. The Labute approximate surface area is 281 Å². The second kappa shape index (κ2) is 12.3. The highest BCUT2D eigenvalue weighted by Crippen LogP contribution is 2.43. The van der Waals surface area contributed by atoms with Gasteiger partial charge in [0.25, 0.3) is 10.0 Å². The number of alkyl halides is 3. The molecule has 2 fully saturated rings. The topological polar surface area (TPSA) is 86.1 Å². The molecule has 48 heavy (non-hydrogen) atoms. The number of rotatable bonds is 5. The van der Waals surface area contributed by atoms with Gasteiger partial charge in [-0.15, -0.1) is 0 Å². The van der Waals surface area contributed by atoms with Crippen LogP contribution in [0, 0.1) is 17.1 Å². The van der Waals surface area contributed by atoms with Gasteiger partial charge in [-0.25, -0.2) is 12.8 Å². The molecule has 0 bridgehead atoms. The molecule has 3 aromatic carbocycles. The molecule has 3 aliphatic rings. The van der Waals surface area contributed by atoms with Gasteiger partial charge in [0.2, 0.25) is 0 Å². The van der Waals surface area contributed by atoms with E-state index in [0.29, 0.717) is 36.0 Å². The number of fused-ring (bicyclic) bond motifs is 3. The Morgan fingerprint density at radius 1 is 1.02 bits per heavy atom. The van der Waals surface area contributed by atoms with Crippen molar-refractivity contribution in [2.45, 2.75) is 49.2 Å². The van der Waals surface area contributed by atoms with E-state index in [1.807, 2.05) is 4.90 Å². The van der Waals surface area contributed by atoms with E-state index in [-0.39, 0.29) is 42.6 Å². The van der Waals surface area contributed by atoms with E-state index in [0.717, 1.165) is 22.5 Å². The zero-order valence-corrected chi connectivity index (χ0v) is 28.0. The predicted molar refractivity (Wildman–Crippen MR) is 174 cm³/mol. The first kappa shape index (κ1) is 34.2. The summed E-state index contributed by atoms with van der Waals surface area (Å²) in [6.45, 7) is 6.42. The summed E-state index contributed by atoms with van der Waals surface area (Å²) in [4.78, 5) is 3.48. The third kappa shape index (κ3) is 6.28. The number of nitrogens with zero attached hydrogens (tertiary/aromatic N) is 4. The minimum atomic E-state index is -4.75. The maximum atomic E-state index is 14.7. The van der Waals surface area contributed by atoms with Gasteiger partial charge in [-0.3, -0.25) is 9.21 Å². The number of hydrogen-bond acceptors (Lipinski definition) is 7. The van der Waals surface area contributed by atoms with Crippen LogP contribution in [0.1, 0.15) is 37.5 Å². The number of hydrogen-bond donors (Lipinski definition) is 0. The Hall–Kier alpha value is -3.67. The minimum Gasteiger partial charge on any atom is -0.362 e. The molecule has 3 aromatic rings. The molecule has 14 heteroatoms. The van der Waals surface area contributed by atoms with Crippen LogP contribution >= 0.6 is 11.6 Å². The van der Waals surface area contributed by atoms with Gasteiger partial charge in [0, 0.05) is 25.2 Å². The molecule has 8 nitrogen and oxygen atoms in total. The smallest absolute Gasteiger partial charge is 0.362 e. The summed E-state index contributed by atoms with van der Waals surface area (Å²) < 4.78 is 97.0. The van der Waals surface area contributed by atoms with Gasteiger partial charge < -0.3 is 14.4 Å². The molecular formula is C34H33ClF4N4O4S. The van der Waals surface area contributed by atoms with E-state index in [4.69, 9.17) is 21.1 Å². The summed E-state index contributed by atoms with van der Waals surface area (Å²) in [6, 6.07) is 15.0. The third-order valence-corrected chi connectivity index (χ3v) is 11.1. The Kier molecular flexibility index (Phi) is 8.79. The molecule has 2 saturated heterocycles. The number of nitriles is 1. The molecule has 254 valence electrons. The number of anilines is 2. The standard InChI is InChI=1S/C34H33ClF4N4O4S/c1-22(31-27(35)8-5-9-28(31)36)14-23-10-11-29-30(15-23)43(48(44,45)26-7-4-6-24(16-26)34(37,38)39)18-25-17-41(12-13-42(25)29)33(19-40)20-46-32(2,3)47-21-33/h4-11,14-16,25H,12-13,17-18,20-21H2,1-3H3. The van der Waals surface area contributed by atoms with Crippen molar-refractivity contribution < 1.29 is 35.5 Å². The maximum absolute atomic E-state index is 14.7. The van der Waals surface area contributed by atoms with Crippen molar-refractivity contribution in [3.05, 3.63) is 88.2 Å². The van der Waals surface area contributed by atoms with Crippen LogP contribution in [0.2, 0.25) is 5.02 Å². The van der Waals surface area contributed by atoms with Gasteiger partial charge in [0.05, 0.1) is 58.7 Å². The SMILES string of the molecule is CC(=Cc1ccc2c(c1)N(S(=O)(=O)c1cccc(C(F)(F)F)c1)CC1CN(C3(C#N)COC(C)(C)OC3)CCN21)c1c(F)cccc1Cl. The Bertz CT molecular complexity index is 1900. The van der Waals surface area contributed by atoms with Gasteiger partial charge in [0.1, 0.15) is 5.82 Å². The highest BCUT2D eigenvalue weighted by molar-refractivity contribution is 7.92. The number of sulfonamides is 1. The van der Waals surface area contributed by atoms with E-state index in [2.05, 4.69) is 11.0 Å². The third-order valence-electron chi connectivity index (χ3n) is 9.06. The van der Waals surface area contributed by atoms with Gasteiger partial charge >= 0.3 is 6.18 Å². The predicted octanol–water partition coefficient (Wildman–Crippen LogP) is 6.80. The lowest BCUT2D eigenvalue weighted by Gasteiger charge is -2.53. The number of benzene rings is 3. The fourth-order valence-corrected chi connectivity index (χ4v) is 8.32. The highest BCUT2D eigenvalue weighted by Gasteiger charge is 2.49. The molecular weight excluding hydrogens is 672 g/mol. The van der Waals surface area contributed by atoms with Gasteiger partial charge in [-0.05, 0) is 74.4 Å². The summed E-state index contributed by atoms with van der Waals surface area (Å²) in [5.74, 6) is -1.37. The summed E-state index contributed by atoms with van der Waals surface area (Å²) in [5.41, 5.74) is -0.136. The maximum Gasteiger partial charge on any atom is 0.416 e. The number of allylic oxidation sites excluding steroid dienone is 1. The van der Waals surface area contributed by atoms with Gasteiger partial charge in [-0.1, -0.05) is 35.9 Å². The average molecular weight is 705 g/mol. The van der Waals surface area contributed by atoms with Gasteiger partial charge in [-0.2, -0.15) is 18.4 Å². The lowest BCUT2D eigenvalue weighted by Crippen LogP contribution is -2.68. The number of halogens is 5. The average Bonchev–Trinajstić information content (AvgIpc) is 3.04. The second-order valence-electron chi connectivity index (χ2n) is 12.6. The Morgan fingerprint density at radius 3 is 2.40 bits per heavy atom. The lowest BCUT2D eigenvalue weighted by molar-refractivity contribution is -0.277. The van der Waals surface area contributed by atoms with Crippen LogP contribution in [-0.4, -0.2) is 70.1 Å². The molecule has 3 heterocycles. The monoisotopic (exact) mass is 704 g/mol. The largest absolute Gasteiger partial charge is 0.416 e. The normalized spacial score (nSPS) is 21.3. The van der Waals surface area contributed by atoms with Crippen molar-refractivity contribution in [1.82, 2.24) is 4.90 Å². The summed E-state index contributed by atoms with van der Waals surface area (Å²) in [6.07, 6.45) is -3.08. The van der Waals surface area contributed by atoms with Crippen LogP contribution < -0.4 is 9.21 Å². The number of piperazine rings is 1. The zero-order chi connectivity index (χ0) is 34.6. The van der Waals surface area contributed by atoms with Crippen molar-refractivity contribution >= 4 is 44.6 Å². The molecule has 0 N–H and O–H groups in total. The molecule has 0 radical (unpaired) electrons. The molecule has 0 saturated carbocycles. The fourth-order valence-electron chi connectivity index (χ4n) is 6.45. The van der Waals surface area contributed by atoms with E-state index in [1.165, 1.54) is 12.1 Å². The first-order chi connectivity index (χ1) is 22.5. The van der Waals surface area contributed by atoms with E-state index < -0.39 is 49.8 Å². The number of ether oxygens (including phenoxy) is 2. The van der Waals surface area contributed by atoms with Crippen LogP contribution in [0.3, 0.4) is 0 Å². The molecule has 6 rings (SSSR count). The summed E-state index contributed by atoms with van der Waals surface area (Å²) in [5, 5.41) is 10.5. The van der Waals surface area contributed by atoms with Crippen molar-refractivity contribution in [2.75, 3.05) is 48.6 Å². The summed E-state index contributed by atoms with van der Waals surface area (Å²) >= 11 is 6.29. The van der Waals surface area contributed by atoms with Crippen molar-refractivity contribution in [2.24, 2.45) is 0 Å². The van der Waals surface area contributed by atoms with E-state index >= 15 is 0 Å². The second-order valence-corrected chi connectivity index (χ2v) is 14.9. The molecule has 0 amide bonds. The van der Waals surface area contributed by atoms with Crippen LogP contribution in [-0.2, 0) is 25.7 Å². The quantitative estimate of drug-likeness (QED) is 0.213. The first-order valence-corrected chi connectivity index (χ1v) is 17.0. The van der Waals surface area contributed by atoms with Crippen LogP contribution in [0.15, 0.2) is 65.6 Å². The fraction of sp³-hybridized carbons (Fsp3) is 0.382. The molecule has 3 aliphatic heterocycles. The molecule has 1 unspecified atom stereocenters. The zero-order valence-electron chi connectivity index (χ0n) is 26.4. The lowest BCUT2D eigenvalue weighted by atomic mass is 9.95. The van der Waals surface area contributed by atoms with Crippen molar-refractivity contribution in [3.8, 4) is 6.07 Å². The molecule has 0 aromatic heterocycles. The highest BCUT2D eigenvalue weighted by atomic mass is 35.5. The minimum absolute atomic E-state index is 0.0904. The first-order valence-electron chi connectivity index (χ1n) is 15.2. The molecule has 0 aliphatic carbocycles.